The molecule has 17 nitrogen and oxygen atoms in total. The average Bonchev–Trinajstić information content (AvgIpc) is 3.38. The third-order valence-electron chi connectivity index (χ3n) is 5.62. The molecule has 0 radical (unpaired) electrons. The van der Waals surface area contributed by atoms with Crippen molar-refractivity contribution in [3.63, 3.8) is 0 Å². The van der Waals surface area contributed by atoms with Gasteiger partial charge in [-0.2, -0.15) is 0 Å². The van der Waals surface area contributed by atoms with Crippen molar-refractivity contribution in [2.75, 3.05) is 25.2 Å². The fraction of sp³-hybridized carbons (Fsp3) is 0.333. The number of amides is 2. The average molecular weight is 627 g/mol. The second-order valence-corrected chi connectivity index (χ2v) is 11.1. The van der Waals surface area contributed by atoms with E-state index < -0.39 is 59.6 Å². The van der Waals surface area contributed by atoms with Crippen LogP contribution in [0.1, 0.15) is 5.69 Å². The molecular weight excluding hydrogens is 604 g/mol. The van der Waals surface area contributed by atoms with Crippen LogP contribution < -0.4 is 22.2 Å². The summed E-state index contributed by atoms with van der Waals surface area (Å²) in [4.78, 5) is 71.7. The van der Waals surface area contributed by atoms with Crippen molar-refractivity contribution in [1.82, 2.24) is 30.0 Å². The number of β-lactam (4-membered cyclic amide) rings is 1. The van der Waals surface area contributed by atoms with Crippen LogP contribution in [0.5, 0.6) is 0 Å². The summed E-state index contributed by atoms with van der Waals surface area (Å²) < 4.78 is 0.875. The molecule has 4 heterocycles. The molecule has 1 fully saturated rings. The minimum Gasteiger partial charge on any atom is -0.477 e. The Labute approximate surface area is 241 Å². The number of aromatic nitrogens is 4. The lowest BCUT2D eigenvalue weighted by Crippen LogP contribution is -2.71. The van der Waals surface area contributed by atoms with Gasteiger partial charge in [0.05, 0.1) is 19.3 Å². The van der Waals surface area contributed by atoms with Gasteiger partial charge in [-0.25, -0.2) is 14.9 Å². The van der Waals surface area contributed by atoms with Gasteiger partial charge in [-0.1, -0.05) is 16.9 Å². The number of nitrogens with one attached hydrogen (secondary N) is 2. The third kappa shape index (κ3) is 6.20. The van der Waals surface area contributed by atoms with Gasteiger partial charge in [-0.05, 0) is 17.1 Å². The number of nitrogens with zero attached hydrogens (tertiary/aromatic N) is 5. The van der Waals surface area contributed by atoms with Gasteiger partial charge in [0.2, 0.25) is 0 Å². The number of aliphatic carboxylic acids is 1. The Morgan fingerprint density at radius 2 is 2.17 bits per heavy atom. The molecule has 20 heteroatoms. The monoisotopic (exact) mass is 626 g/mol. The maximum absolute atomic E-state index is 13.0. The number of thiazole rings is 1. The smallest absolute Gasteiger partial charge is 0.352 e. The van der Waals surface area contributed by atoms with Crippen LogP contribution in [0.25, 0.3) is 0 Å². The number of carboxylic acid groups (broad SMARTS) is 1. The van der Waals surface area contributed by atoms with Gasteiger partial charge in [0.25, 0.3) is 11.8 Å². The van der Waals surface area contributed by atoms with Gasteiger partial charge < -0.3 is 31.2 Å². The van der Waals surface area contributed by atoms with Gasteiger partial charge in [0, 0.05) is 11.1 Å². The van der Waals surface area contributed by atoms with Crippen molar-refractivity contribution in [1.29, 1.82) is 0 Å². The number of thioether (sulfide) groups is 2. The highest BCUT2D eigenvalue weighted by Gasteiger charge is 2.54. The van der Waals surface area contributed by atoms with Crippen LogP contribution in [0.4, 0.5) is 5.13 Å². The summed E-state index contributed by atoms with van der Waals surface area (Å²) in [6.45, 7) is -1.05. The Bertz CT molecular complexity index is 1580. The molecule has 3 atom stereocenters. The molecule has 4 rings (SSSR count). The fourth-order valence-electron chi connectivity index (χ4n) is 3.79. The molecule has 0 aliphatic carbocycles. The fourth-order valence-corrected chi connectivity index (χ4v) is 6.39. The summed E-state index contributed by atoms with van der Waals surface area (Å²) in [5.74, 6) is -2.64. The summed E-state index contributed by atoms with van der Waals surface area (Å²) >= 11 is 3.13. The molecule has 218 valence electrons. The van der Waals surface area contributed by atoms with Gasteiger partial charge in [0.15, 0.2) is 16.0 Å². The quantitative estimate of drug-likeness (QED) is 0.0505. The lowest BCUT2D eigenvalue weighted by molar-refractivity contribution is -0.150. The molecule has 7 N–H and O–H groups in total. The van der Waals surface area contributed by atoms with Crippen LogP contribution in [0.2, 0.25) is 0 Å². The van der Waals surface area contributed by atoms with Crippen molar-refractivity contribution in [3.05, 3.63) is 54.5 Å². The number of carboxylic acids is 1. The van der Waals surface area contributed by atoms with Crippen LogP contribution in [-0.4, -0.2) is 100 Å². The number of oxime groups is 1. The number of carbonyl (C=O) groups is 3. The second kappa shape index (κ2) is 12.7. The van der Waals surface area contributed by atoms with E-state index in [1.165, 1.54) is 35.7 Å². The summed E-state index contributed by atoms with van der Waals surface area (Å²) in [5.41, 5.74) is 3.52. The molecule has 2 amide bonds. The van der Waals surface area contributed by atoms with Crippen molar-refractivity contribution in [2.24, 2.45) is 5.16 Å². The number of rotatable bonds is 11. The number of fused-ring (bicyclic) bond motifs is 1. The number of aliphatic hydroxyl groups is 2. The number of nitrogens with two attached hydrogens (primary N) is 1. The molecule has 0 spiro atoms. The van der Waals surface area contributed by atoms with E-state index >= 15 is 0 Å². The van der Waals surface area contributed by atoms with Crippen LogP contribution in [0.3, 0.4) is 0 Å². The Balaban J connectivity index is 1.52. The highest BCUT2D eigenvalue weighted by molar-refractivity contribution is 8.02. The molecule has 2 aliphatic rings. The highest BCUT2D eigenvalue weighted by atomic mass is 32.2. The maximum Gasteiger partial charge on any atom is 0.352 e. The van der Waals surface area contributed by atoms with Gasteiger partial charge in [-0.15, -0.1) is 28.2 Å². The molecule has 2 aliphatic heterocycles. The largest absolute Gasteiger partial charge is 0.477 e. The van der Waals surface area contributed by atoms with Gasteiger partial charge in [-0.3, -0.25) is 28.6 Å². The molecule has 0 saturated carbocycles. The summed E-state index contributed by atoms with van der Waals surface area (Å²) in [5, 5.41) is 43.1. The number of aliphatic hydroxyl groups excluding tert-OH is 2. The summed E-state index contributed by atoms with van der Waals surface area (Å²) in [6.07, 6.45) is 0.0892. The van der Waals surface area contributed by atoms with E-state index in [2.05, 4.69) is 20.6 Å². The van der Waals surface area contributed by atoms with E-state index in [1.54, 1.807) is 0 Å². The number of H-pyrrole nitrogens is 1. The molecule has 0 bridgehead atoms. The Kier molecular flexibility index (Phi) is 9.28. The van der Waals surface area contributed by atoms with Crippen LogP contribution in [-0.2, 0) is 25.8 Å². The Hall–Kier alpha value is -3.98. The number of anilines is 1. The summed E-state index contributed by atoms with van der Waals surface area (Å²) in [6, 6.07) is -1.04. The Morgan fingerprint density at radius 3 is 2.80 bits per heavy atom. The predicted molar refractivity (Wildman–Crippen MR) is 147 cm³/mol. The molecule has 1 saturated heterocycles. The zero-order valence-electron chi connectivity index (χ0n) is 20.9. The molecule has 0 aromatic carbocycles. The highest BCUT2D eigenvalue weighted by Crippen LogP contribution is 2.41. The molecule has 41 heavy (non-hydrogen) atoms. The van der Waals surface area contributed by atoms with Crippen LogP contribution >= 0.6 is 34.9 Å². The van der Waals surface area contributed by atoms with Crippen LogP contribution in [0, 0.1) is 0 Å². The number of nitrogen functional groups attached to an aromatic ring is 1. The SMILES string of the molecule is CON=C(C(=O)NC1C(=O)N2C(C(=O)O)=C(C=CSc3n[nH]c(=O)c(=O)n3CC(O)CO)CSC12)c1csc(N)n1. The zero-order valence-corrected chi connectivity index (χ0v) is 23.4. The molecule has 2 aromatic rings. The van der Waals surface area contributed by atoms with E-state index in [0.717, 1.165) is 32.6 Å². The van der Waals surface area contributed by atoms with Crippen molar-refractivity contribution in [2.45, 2.75) is 29.2 Å². The van der Waals surface area contributed by atoms with E-state index in [4.69, 9.17) is 15.7 Å². The van der Waals surface area contributed by atoms with E-state index in [0.29, 0.717) is 0 Å². The first-order valence-corrected chi connectivity index (χ1v) is 14.2. The molecular formula is C21H22N8O9S3. The van der Waals surface area contributed by atoms with Crippen molar-refractivity contribution >= 4 is 63.5 Å². The zero-order chi connectivity index (χ0) is 29.8. The standard InChI is InChI=1S/C21H22N8O9S3/c1-38-27-11(10-7-41-20(22)23-10)14(32)24-12-16(34)29-13(19(36)37)8(6-40-18(12)29)2-3-39-21-26-25-15(33)17(35)28(21)4-9(31)5-30/h2-3,7,9,12,18,30-31H,4-6H2,1H3,(H2,22,23)(H,24,32)(H,25,33)(H,36,37). The number of carbonyl (C=O) groups excluding carboxylic acids is 2. The minimum absolute atomic E-state index is 0.0321. The Morgan fingerprint density at radius 1 is 1.41 bits per heavy atom. The number of aromatic amines is 1. The number of hydrogen-bond donors (Lipinski definition) is 6. The van der Waals surface area contributed by atoms with Gasteiger partial charge in [0.1, 0.15) is 29.9 Å². The van der Waals surface area contributed by atoms with Crippen molar-refractivity contribution < 1.29 is 34.5 Å². The normalized spacial score (nSPS) is 19.6. The first-order chi connectivity index (χ1) is 19.6. The van der Waals surface area contributed by atoms with E-state index in [9.17, 15) is 34.2 Å². The molecule has 2 aromatic heterocycles. The third-order valence-corrected chi connectivity index (χ3v) is 8.39. The van der Waals surface area contributed by atoms with E-state index in [-0.39, 0.29) is 38.7 Å². The number of allylic oxidation sites excluding steroid dienone is 1. The lowest BCUT2D eigenvalue weighted by Gasteiger charge is -2.49. The van der Waals surface area contributed by atoms with Crippen molar-refractivity contribution in [3.8, 4) is 0 Å². The minimum atomic E-state index is -1.37. The second-order valence-electron chi connectivity index (χ2n) is 8.24. The lowest BCUT2D eigenvalue weighted by atomic mass is 10.0. The van der Waals surface area contributed by atoms with E-state index in [1.807, 2.05) is 5.10 Å². The summed E-state index contributed by atoms with van der Waals surface area (Å²) in [7, 11) is 1.23. The molecule has 3 unspecified atom stereocenters. The first-order valence-electron chi connectivity index (χ1n) is 11.4. The topological polar surface area (TPSA) is 255 Å². The predicted octanol–water partition coefficient (Wildman–Crippen LogP) is -2.28. The maximum atomic E-state index is 13.0. The van der Waals surface area contributed by atoms with Gasteiger partial charge >= 0.3 is 17.1 Å². The van der Waals surface area contributed by atoms with Crippen LogP contribution in [0.15, 0.2) is 48.0 Å². The number of hydrogen-bond acceptors (Lipinski definition) is 15. The first kappa shape index (κ1) is 30.0.